The molecule has 0 aromatic carbocycles. The lowest BCUT2D eigenvalue weighted by atomic mass is 11.2. The Bertz CT molecular complexity index is 277. The van der Waals surface area contributed by atoms with Crippen molar-refractivity contribution in [3.05, 3.63) is 0 Å². The zero-order valence-electron chi connectivity index (χ0n) is 7.19. The molecule has 0 saturated heterocycles. The highest BCUT2D eigenvalue weighted by molar-refractivity contribution is 7.76. The van der Waals surface area contributed by atoms with Gasteiger partial charge in [0.2, 0.25) is 0 Å². The molecule has 0 amide bonds. The van der Waals surface area contributed by atoms with Gasteiger partial charge in [0.25, 0.3) is 0 Å². The molecule has 12 nitrogen and oxygen atoms in total. The maximum Gasteiger partial charge on any atom is 0.470 e. The van der Waals surface area contributed by atoms with E-state index in [0.717, 1.165) is 0 Å². The molecule has 0 bridgehead atoms. The fraction of sp³-hybridized carbons (Fsp3) is 1.00. The quantitative estimate of drug-likeness (QED) is 0.288. The lowest BCUT2D eigenvalue weighted by Crippen LogP contribution is -2.44. The minimum absolute atomic E-state index is 3.30. The summed E-state index contributed by atoms with van der Waals surface area (Å²) < 4.78 is 88.9. The zero-order chi connectivity index (χ0) is 13.6. The highest BCUT2D eigenvalue weighted by Crippen LogP contribution is 2.22. The van der Waals surface area contributed by atoms with Gasteiger partial charge in [-0.15, -0.1) is 0 Å². The second-order valence-corrected chi connectivity index (χ2v) is 4.11. The molecule has 16 heteroatoms. The van der Waals surface area contributed by atoms with Crippen LogP contribution < -0.4 is 0 Å². The van der Waals surface area contributed by atoms with E-state index in [1.165, 1.54) is 0 Å². The number of hydrogen-bond donors (Lipinski definition) is 4. The Morgan fingerprint density at radius 1 is 0.588 bits per heavy atom. The second kappa shape index (κ2) is 7.66. The summed E-state index contributed by atoms with van der Waals surface area (Å²) in [7, 11) is 0. The van der Waals surface area contributed by atoms with Gasteiger partial charge in [-0.3, -0.25) is 18.2 Å². The Morgan fingerprint density at radius 3 is 0.882 bits per heavy atom. The van der Waals surface area contributed by atoms with Crippen molar-refractivity contribution in [2.24, 2.45) is 0 Å². The van der Waals surface area contributed by atoms with Crippen molar-refractivity contribution in [2.45, 2.75) is 6.16 Å². The summed E-state index contributed by atoms with van der Waals surface area (Å²) in [5.74, 6) is 0. The molecule has 0 aliphatic rings. The van der Waals surface area contributed by atoms with Crippen molar-refractivity contribution in [2.75, 3.05) is 0 Å². The molecule has 0 aromatic rings. The van der Waals surface area contributed by atoms with Crippen LogP contribution in [0.4, 0.5) is 0 Å². The Morgan fingerprint density at radius 2 is 0.765 bits per heavy atom. The standard InChI is InChI=1S/CH4O12S4/c2-14(3)10-1(11-15(4)5,12-16(6)7)13-17(8)9/h(H,2,3)(H,4,5)(H,6,7)(H,8,9). The average molecular weight is 336 g/mol. The van der Waals surface area contributed by atoms with Crippen LogP contribution in [0.2, 0.25) is 0 Å². The van der Waals surface area contributed by atoms with Crippen molar-refractivity contribution in [1.82, 2.24) is 0 Å². The molecule has 0 aliphatic carbocycles. The highest BCUT2D eigenvalue weighted by Gasteiger charge is 2.47. The number of hydrogen-bond acceptors (Lipinski definition) is 8. The van der Waals surface area contributed by atoms with Crippen molar-refractivity contribution in [3.8, 4) is 0 Å². The van der Waals surface area contributed by atoms with Crippen molar-refractivity contribution < 1.29 is 51.8 Å². The van der Waals surface area contributed by atoms with Crippen LogP contribution in [0.3, 0.4) is 0 Å². The second-order valence-electron chi connectivity index (χ2n) is 1.70. The van der Waals surface area contributed by atoms with Gasteiger partial charge in [-0.2, -0.15) is 33.6 Å². The highest BCUT2D eigenvalue weighted by atomic mass is 32.2. The maximum absolute atomic E-state index is 10.3. The van der Waals surface area contributed by atoms with Crippen molar-refractivity contribution >= 4 is 45.4 Å². The van der Waals surface area contributed by atoms with Gasteiger partial charge in [0.05, 0.1) is 0 Å². The summed E-state index contributed by atoms with van der Waals surface area (Å²) in [6, 6.07) is 0. The lowest BCUT2D eigenvalue weighted by molar-refractivity contribution is -0.360. The molecule has 104 valence electrons. The fourth-order valence-electron chi connectivity index (χ4n) is 0.433. The van der Waals surface area contributed by atoms with Crippen LogP contribution in [0, 0.1) is 0 Å². The molecule has 0 heterocycles. The normalized spacial score (nSPS) is 22.4. The van der Waals surface area contributed by atoms with E-state index in [9.17, 15) is 16.8 Å². The first-order valence-corrected chi connectivity index (χ1v) is 7.01. The van der Waals surface area contributed by atoms with Gasteiger partial charge in [-0.1, -0.05) is 0 Å². The molecule has 0 fully saturated rings. The van der Waals surface area contributed by atoms with Gasteiger partial charge in [-0.05, 0) is 0 Å². The third kappa shape index (κ3) is 8.07. The van der Waals surface area contributed by atoms with Crippen LogP contribution in [0.25, 0.3) is 0 Å². The minimum Gasteiger partial charge on any atom is -0.284 e. The summed E-state index contributed by atoms with van der Waals surface area (Å²) in [6.45, 7) is 0. The van der Waals surface area contributed by atoms with Gasteiger partial charge < -0.3 is 0 Å². The lowest BCUT2D eigenvalue weighted by Gasteiger charge is -2.22. The van der Waals surface area contributed by atoms with Gasteiger partial charge in [0.15, 0.2) is 0 Å². The third-order valence-electron chi connectivity index (χ3n) is 0.693. The Balaban J connectivity index is 5.16. The van der Waals surface area contributed by atoms with Crippen LogP contribution in [0.5, 0.6) is 0 Å². The fourth-order valence-corrected chi connectivity index (χ4v) is 1.80. The van der Waals surface area contributed by atoms with Gasteiger partial charge >= 0.3 is 51.6 Å². The monoisotopic (exact) mass is 336 g/mol. The van der Waals surface area contributed by atoms with Crippen molar-refractivity contribution in [3.63, 3.8) is 0 Å². The molecule has 0 aliphatic heterocycles. The summed E-state index contributed by atoms with van der Waals surface area (Å²) >= 11 is -13.2. The summed E-state index contributed by atoms with van der Waals surface area (Å²) in [6.07, 6.45) is -3.61. The Labute approximate surface area is 104 Å². The predicted molar refractivity (Wildman–Crippen MR) is 50.2 cm³/mol. The van der Waals surface area contributed by atoms with E-state index in [1.807, 2.05) is 0 Å². The third-order valence-corrected chi connectivity index (χ3v) is 2.08. The van der Waals surface area contributed by atoms with E-state index >= 15 is 0 Å². The molecular weight excluding hydrogens is 332 g/mol. The Hall–Kier alpha value is 0.280. The predicted octanol–water partition coefficient (Wildman–Crippen LogP) is -1.79. The maximum atomic E-state index is 10.3. The van der Waals surface area contributed by atoms with E-state index in [0.29, 0.717) is 0 Å². The van der Waals surface area contributed by atoms with Crippen LogP contribution >= 0.6 is 0 Å². The van der Waals surface area contributed by atoms with Crippen LogP contribution in [0.1, 0.15) is 0 Å². The molecule has 0 saturated carbocycles. The molecule has 4 unspecified atom stereocenters. The van der Waals surface area contributed by atoms with Gasteiger partial charge in [-0.25, -0.2) is 0 Å². The SMILES string of the molecule is O=S(O)OC(OS(=O)O)(OS(=O)O)OS(=O)O. The molecule has 17 heavy (non-hydrogen) atoms. The van der Waals surface area contributed by atoms with E-state index in [2.05, 4.69) is 16.7 Å². The first kappa shape index (κ1) is 17.3. The molecule has 0 radical (unpaired) electrons. The average Bonchev–Trinajstić information content (AvgIpc) is 1.95. The van der Waals surface area contributed by atoms with Gasteiger partial charge in [0, 0.05) is 0 Å². The zero-order valence-corrected chi connectivity index (χ0v) is 10.5. The van der Waals surface area contributed by atoms with E-state index in [1.54, 1.807) is 0 Å². The summed E-state index contributed by atoms with van der Waals surface area (Å²) in [4.78, 5) is 0. The molecule has 0 rings (SSSR count). The van der Waals surface area contributed by atoms with E-state index in [-0.39, 0.29) is 0 Å². The minimum atomic E-state index is -3.61. The first-order chi connectivity index (χ1) is 7.67. The Kier molecular flexibility index (Phi) is 7.78. The van der Waals surface area contributed by atoms with E-state index in [4.69, 9.17) is 18.2 Å². The topological polar surface area (TPSA) is 186 Å². The molecule has 4 N–H and O–H groups in total. The molecule has 0 spiro atoms. The number of rotatable bonds is 8. The molecular formula is CH4O12S4. The largest absolute Gasteiger partial charge is 0.470 e. The van der Waals surface area contributed by atoms with Crippen LogP contribution in [-0.4, -0.2) is 41.2 Å². The molecule has 0 aromatic heterocycles. The van der Waals surface area contributed by atoms with Crippen LogP contribution in [-0.2, 0) is 62.2 Å². The summed E-state index contributed by atoms with van der Waals surface area (Å²) in [5, 5.41) is 0. The molecule has 4 atom stereocenters. The van der Waals surface area contributed by atoms with E-state index < -0.39 is 51.6 Å². The smallest absolute Gasteiger partial charge is 0.284 e. The first-order valence-electron chi connectivity index (χ1n) is 2.88. The van der Waals surface area contributed by atoms with Gasteiger partial charge in [0.1, 0.15) is 0 Å². The summed E-state index contributed by atoms with van der Waals surface area (Å²) in [5.41, 5.74) is 0. The van der Waals surface area contributed by atoms with Crippen molar-refractivity contribution in [1.29, 1.82) is 0 Å². The van der Waals surface area contributed by atoms with Crippen LogP contribution in [0.15, 0.2) is 0 Å².